The summed E-state index contributed by atoms with van der Waals surface area (Å²) in [7, 11) is 0. The van der Waals surface area contributed by atoms with E-state index < -0.39 is 11.7 Å². The SMILES string of the molecule is O=C(Nc1ccc(Cl)cc1Br)c1cccc(Cl)c1F. The van der Waals surface area contributed by atoms with E-state index in [4.69, 9.17) is 23.2 Å². The molecule has 98 valence electrons. The lowest BCUT2D eigenvalue weighted by Crippen LogP contribution is -2.14. The molecule has 0 bridgehead atoms. The number of carbonyl (C=O) groups is 1. The third-order valence-corrected chi connectivity index (χ3v) is 3.56. The van der Waals surface area contributed by atoms with Gasteiger partial charge in [0.05, 0.1) is 16.3 Å². The first-order chi connectivity index (χ1) is 8.99. The molecular weight excluding hydrogens is 356 g/mol. The molecule has 0 atom stereocenters. The van der Waals surface area contributed by atoms with E-state index >= 15 is 0 Å². The first-order valence-corrected chi connectivity index (χ1v) is 6.74. The molecule has 0 radical (unpaired) electrons. The van der Waals surface area contributed by atoms with Crippen molar-refractivity contribution in [3.05, 3.63) is 62.3 Å². The third kappa shape index (κ3) is 3.26. The van der Waals surface area contributed by atoms with E-state index in [2.05, 4.69) is 21.2 Å². The largest absolute Gasteiger partial charge is 0.321 e. The van der Waals surface area contributed by atoms with Crippen molar-refractivity contribution in [1.29, 1.82) is 0 Å². The van der Waals surface area contributed by atoms with Gasteiger partial charge in [-0.2, -0.15) is 0 Å². The van der Waals surface area contributed by atoms with Crippen molar-refractivity contribution in [2.24, 2.45) is 0 Å². The minimum absolute atomic E-state index is 0.0946. The lowest BCUT2D eigenvalue weighted by molar-refractivity contribution is 0.102. The fourth-order valence-electron chi connectivity index (χ4n) is 1.46. The van der Waals surface area contributed by atoms with E-state index in [1.807, 2.05) is 0 Å². The first kappa shape index (κ1) is 14.3. The summed E-state index contributed by atoms with van der Waals surface area (Å²) in [5.74, 6) is -1.32. The Labute approximate surface area is 127 Å². The molecule has 2 rings (SSSR count). The molecule has 0 aromatic heterocycles. The molecular formula is C13H7BrCl2FNO. The average molecular weight is 363 g/mol. The van der Waals surface area contributed by atoms with Gasteiger partial charge in [0.1, 0.15) is 0 Å². The molecule has 0 fully saturated rings. The van der Waals surface area contributed by atoms with E-state index in [-0.39, 0.29) is 10.6 Å². The second kappa shape index (κ2) is 5.90. The molecule has 0 aliphatic rings. The smallest absolute Gasteiger partial charge is 0.258 e. The maximum atomic E-state index is 13.7. The Kier molecular flexibility index (Phi) is 4.45. The van der Waals surface area contributed by atoms with Crippen LogP contribution < -0.4 is 5.32 Å². The molecule has 0 saturated carbocycles. The molecule has 6 heteroatoms. The zero-order valence-corrected chi connectivity index (χ0v) is 12.5. The first-order valence-electron chi connectivity index (χ1n) is 5.19. The molecule has 0 saturated heterocycles. The molecule has 0 aliphatic heterocycles. The predicted octanol–water partition coefficient (Wildman–Crippen LogP) is 5.15. The summed E-state index contributed by atoms with van der Waals surface area (Å²) in [6.45, 7) is 0. The zero-order valence-electron chi connectivity index (χ0n) is 9.38. The maximum absolute atomic E-state index is 13.7. The van der Waals surface area contributed by atoms with Crippen LogP contribution in [-0.2, 0) is 0 Å². The van der Waals surface area contributed by atoms with Crippen molar-refractivity contribution in [1.82, 2.24) is 0 Å². The van der Waals surface area contributed by atoms with Crippen molar-refractivity contribution in [3.8, 4) is 0 Å². The number of anilines is 1. The number of rotatable bonds is 2. The number of nitrogens with one attached hydrogen (secondary N) is 1. The molecule has 19 heavy (non-hydrogen) atoms. The van der Waals surface area contributed by atoms with Gasteiger partial charge in [-0.3, -0.25) is 4.79 Å². The summed E-state index contributed by atoms with van der Waals surface area (Å²) in [5, 5.41) is 3.01. The molecule has 0 heterocycles. The van der Waals surface area contributed by atoms with Crippen molar-refractivity contribution in [2.45, 2.75) is 0 Å². The van der Waals surface area contributed by atoms with Gasteiger partial charge >= 0.3 is 0 Å². The van der Waals surface area contributed by atoms with Crippen molar-refractivity contribution in [3.63, 3.8) is 0 Å². The van der Waals surface area contributed by atoms with Gasteiger partial charge in [-0.15, -0.1) is 0 Å². The van der Waals surface area contributed by atoms with E-state index in [1.54, 1.807) is 18.2 Å². The van der Waals surface area contributed by atoms with Gasteiger partial charge in [-0.25, -0.2) is 4.39 Å². The van der Waals surface area contributed by atoms with Crippen LogP contribution in [0.25, 0.3) is 0 Å². The van der Waals surface area contributed by atoms with Gasteiger partial charge in [0.25, 0.3) is 5.91 Å². The van der Waals surface area contributed by atoms with E-state index in [0.717, 1.165) is 0 Å². The molecule has 0 spiro atoms. The van der Waals surface area contributed by atoms with Crippen LogP contribution in [0, 0.1) is 5.82 Å². The highest BCUT2D eigenvalue weighted by atomic mass is 79.9. The summed E-state index contributed by atoms with van der Waals surface area (Å²) in [6.07, 6.45) is 0. The third-order valence-electron chi connectivity index (χ3n) is 2.38. The maximum Gasteiger partial charge on any atom is 0.258 e. The molecule has 0 aliphatic carbocycles. The summed E-state index contributed by atoms with van der Waals surface area (Å²) < 4.78 is 14.3. The minimum Gasteiger partial charge on any atom is -0.321 e. The number of amides is 1. The monoisotopic (exact) mass is 361 g/mol. The second-order valence-corrected chi connectivity index (χ2v) is 5.38. The normalized spacial score (nSPS) is 10.3. The average Bonchev–Trinajstić information content (AvgIpc) is 2.36. The molecule has 2 aromatic carbocycles. The van der Waals surface area contributed by atoms with Crippen LogP contribution in [0.3, 0.4) is 0 Å². The number of halogens is 4. The fourth-order valence-corrected chi connectivity index (χ4v) is 2.42. The van der Waals surface area contributed by atoms with Crippen LogP contribution in [0.15, 0.2) is 40.9 Å². The van der Waals surface area contributed by atoms with Crippen LogP contribution in [0.1, 0.15) is 10.4 Å². The Morgan fingerprint density at radius 3 is 2.63 bits per heavy atom. The van der Waals surface area contributed by atoms with Gasteiger partial charge in [0.15, 0.2) is 5.82 Å². The van der Waals surface area contributed by atoms with E-state index in [0.29, 0.717) is 15.2 Å². The van der Waals surface area contributed by atoms with Gasteiger partial charge in [0.2, 0.25) is 0 Å². The fraction of sp³-hybridized carbons (Fsp3) is 0. The number of hydrogen-bond acceptors (Lipinski definition) is 1. The lowest BCUT2D eigenvalue weighted by Gasteiger charge is -2.08. The summed E-state index contributed by atoms with van der Waals surface area (Å²) >= 11 is 14.7. The van der Waals surface area contributed by atoms with Crippen molar-refractivity contribution < 1.29 is 9.18 Å². The standard InChI is InChI=1S/C13H7BrCl2FNO/c14-9-6-7(15)4-5-11(9)18-13(19)8-2-1-3-10(16)12(8)17/h1-6H,(H,18,19). The Morgan fingerprint density at radius 1 is 1.21 bits per heavy atom. The summed E-state index contributed by atoms with van der Waals surface area (Å²) in [4.78, 5) is 12.0. The highest BCUT2D eigenvalue weighted by molar-refractivity contribution is 9.10. The molecule has 1 amide bonds. The van der Waals surface area contributed by atoms with Crippen LogP contribution in [0.2, 0.25) is 10.0 Å². The van der Waals surface area contributed by atoms with Gasteiger partial charge < -0.3 is 5.32 Å². The summed E-state index contributed by atoms with van der Waals surface area (Å²) in [5.41, 5.74) is 0.378. The van der Waals surface area contributed by atoms with E-state index in [9.17, 15) is 9.18 Å². The van der Waals surface area contributed by atoms with Gasteiger partial charge in [-0.05, 0) is 46.3 Å². The topological polar surface area (TPSA) is 29.1 Å². The molecule has 2 aromatic rings. The lowest BCUT2D eigenvalue weighted by atomic mass is 10.2. The highest BCUT2D eigenvalue weighted by Crippen LogP contribution is 2.27. The number of benzene rings is 2. The van der Waals surface area contributed by atoms with Crippen molar-refractivity contribution >= 4 is 50.7 Å². The van der Waals surface area contributed by atoms with Crippen LogP contribution in [-0.4, -0.2) is 5.91 Å². The van der Waals surface area contributed by atoms with Crippen LogP contribution in [0.4, 0.5) is 10.1 Å². The van der Waals surface area contributed by atoms with Crippen LogP contribution in [0.5, 0.6) is 0 Å². The van der Waals surface area contributed by atoms with Crippen LogP contribution >= 0.6 is 39.1 Å². The quantitative estimate of drug-likeness (QED) is 0.786. The Bertz CT molecular complexity index is 649. The molecule has 2 nitrogen and oxygen atoms in total. The molecule has 1 N–H and O–H groups in total. The zero-order chi connectivity index (χ0) is 14.0. The number of carbonyl (C=O) groups excluding carboxylic acids is 1. The minimum atomic E-state index is -0.744. The Morgan fingerprint density at radius 2 is 1.95 bits per heavy atom. The molecule has 0 unspecified atom stereocenters. The van der Waals surface area contributed by atoms with Gasteiger partial charge in [-0.1, -0.05) is 29.3 Å². The Balaban J connectivity index is 2.28. The van der Waals surface area contributed by atoms with Gasteiger partial charge in [0, 0.05) is 9.50 Å². The second-order valence-electron chi connectivity index (χ2n) is 3.68. The number of hydrogen-bond donors (Lipinski definition) is 1. The van der Waals surface area contributed by atoms with E-state index in [1.165, 1.54) is 18.2 Å². The Hall–Kier alpha value is -1.10. The highest BCUT2D eigenvalue weighted by Gasteiger charge is 2.15. The van der Waals surface area contributed by atoms with Crippen molar-refractivity contribution in [2.75, 3.05) is 5.32 Å². The summed E-state index contributed by atoms with van der Waals surface area (Å²) in [6, 6.07) is 9.12. The predicted molar refractivity (Wildman–Crippen MR) is 78.5 cm³/mol.